The molecule has 0 saturated carbocycles. The monoisotopic (exact) mass is 307 g/mol. The van der Waals surface area contributed by atoms with Crippen LogP contribution in [0.2, 0.25) is 0 Å². The van der Waals surface area contributed by atoms with Crippen molar-refractivity contribution in [1.29, 1.82) is 0 Å². The van der Waals surface area contributed by atoms with E-state index in [0.29, 0.717) is 23.2 Å². The number of nitrogens with one attached hydrogen (secondary N) is 2. The smallest absolute Gasteiger partial charge is 0.240 e. The number of hydrogen-bond acceptors (Lipinski definition) is 3. The number of primary sulfonamides is 1. The van der Waals surface area contributed by atoms with Crippen LogP contribution in [0.15, 0.2) is 29.2 Å². The minimum atomic E-state index is -3.78. The number of rotatable bonds is 5. The normalized spacial score (nSPS) is 11.0. The second-order valence-corrected chi connectivity index (χ2v) is 5.78. The first-order valence-electron chi connectivity index (χ1n) is 5.18. The van der Waals surface area contributed by atoms with E-state index in [-0.39, 0.29) is 4.90 Å². The summed E-state index contributed by atoms with van der Waals surface area (Å²) in [7, 11) is -3.78. The first-order valence-corrected chi connectivity index (χ1v) is 7.66. The van der Waals surface area contributed by atoms with Gasteiger partial charge in [-0.2, -0.15) is 0 Å². The molecule has 0 amide bonds. The van der Waals surface area contributed by atoms with Gasteiger partial charge in [0.25, 0.3) is 0 Å². The summed E-state index contributed by atoms with van der Waals surface area (Å²) in [4.78, 5) is 0.00601. The third-order valence-electron chi connectivity index (χ3n) is 2.04. The van der Waals surface area contributed by atoms with Crippen molar-refractivity contribution in [3.63, 3.8) is 0 Å². The van der Waals surface area contributed by atoms with E-state index in [9.17, 15) is 8.42 Å². The Kier molecular flexibility index (Phi) is 5.80. The fourth-order valence-corrected chi connectivity index (χ4v) is 2.29. The lowest BCUT2D eigenvalue weighted by molar-refractivity contribution is 0.598. The largest absolute Gasteiger partial charge is 0.362 e. The molecule has 100 valence electrons. The molecule has 1 rings (SSSR count). The Bertz CT molecular complexity index is 520. The summed E-state index contributed by atoms with van der Waals surface area (Å²) in [5.74, 6) is 0.531. The van der Waals surface area contributed by atoms with Crippen LogP contribution in [-0.4, -0.2) is 26.0 Å². The van der Waals surface area contributed by atoms with Gasteiger partial charge in [-0.05, 0) is 30.8 Å². The van der Waals surface area contributed by atoms with Crippen molar-refractivity contribution in [2.75, 3.05) is 17.7 Å². The number of benzene rings is 1. The number of thiocarbonyl (C=S) groups is 1. The van der Waals surface area contributed by atoms with Gasteiger partial charge in [-0.3, -0.25) is 0 Å². The molecule has 0 atom stereocenters. The number of alkyl halides is 1. The standard InChI is InChI=1S/C10H14ClN3O2S2/c11-6-3-7-13-10(17)14-8-4-1-2-5-9(8)18(12,15)16/h1-2,4-5H,3,6-7H2,(H2,12,15,16)(H2,13,14,17). The summed E-state index contributed by atoms with van der Waals surface area (Å²) in [6.45, 7) is 0.618. The van der Waals surface area contributed by atoms with Gasteiger partial charge in [-0.15, -0.1) is 11.6 Å². The highest BCUT2D eigenvalue weighted by Gasteiger charge is 2.13. The molecule has 1 aromatic rings. The van der Waals surface area contributed by atoms with Gasteiger partial charge in [-0.25, -0.2) is 13.6 Å². The molecule has 0 spiro atoms. The van der Waals surface area contributed by atoms with Crippen LogP contribution in [0.1, 0.15) is 6.42 Å². The number of sulfonamides is 1. The van der Waals surface area contributed by atoms with Gasteiger partial charge in [0, 0.05) is 12.4 Å². The van der Waals surface area contributed by atoms with Crippen LogP contribution in [0.25, 0.3) is 0 Å². The molecule has 18 heavy (non-hydrogen) atoms. The highest BCUT2D eigenvalue weighted by Crippen LogP contribution is 2.18. The van der Waals surface area contributed by atoms with Gasteiger partial charge in [0.15, 0.2) is 5.11 Å². The summed E-state index contributed by atoms with van der Waals surface area (Å²) in [6.07, 6.45) is 0.764. The van der Waals surface area contributed by atoms with Crippen LogP contribution in [0.4, 0.5) is 5.69 Å². The van der Waals surface area contributed by atoms with Gasteiger partial charge in [0.05, 0.1) is 5.69 Å². The van der Waals surface area contributed by atoms with Crippen molar-refractivity contribution < 1.29 is 8.42 Å². The molecule has 8 heteroatoms. The Morgan fingerprint density at radius 3 is 2.67 bits per heavy atom. The Morgan fingerprint density at radius 1 is 1.39 bits per heavy atom. The fraction of sp³-hybridized carbons (Fsp3) is 0.300. The zero-order valence-corrected chi connectivity index (χ0v) is 11.9. The zero-order chi connectivity index (χ0) is 13.6. The van der Waals surface area contributed by atoms with E-state index in [1.165, 1.54) is 6.07 Å². The molecule has 1 aromatic carbocycles. The zero-order valence-electron chi connectivity index (χ0n) is 9.52. The minimum Gasteiger partial charge on any atom is -0.362 e. The second-order valence-electron chi connectivity index (χ2n) is 3.46. The molecular weight excluding hydrogens is 294 g/mol. The molecular formula is C10H14ClN3O2S2. The summed E-state index contributed by atoms with van der Waals surface area (Å²) in [5, 5.41) is 11.1. The Hall–Kier alpha value is -0.890. The molecule has 0 bridgehead atoms. The molecule has 4 N–H and O–H groups in total. The Morgan fingerprint density at radius 2 is 2.06 bits per heavy atom. The van der Waals surface area contributed by atoms with Crippen LogP contribution < -0.4 is 15.8 Å². The summed E-state index contributed by atoms with van der Waals surface area (Å²) in [5.41, 5.74) is 0.350. The lowest BCUT2D eigenvalue weighted by atomic mass is 10.3. The van der Waals surface area contributed by atoms with Crippen LogP contribution in [-0.2, 0) is 10.0 Å². The average Bonchev–Trinajstić information content (AvgIpc) is 2.28. The lowest BCUT2D eigenvalue weighted by Crippen LogP contribution is -2.30. The number of hydrogen-bond donors (Lipinski definition) is 3. The van der Waals surface area contributed by atoms with Gasteiger partial charge in [-0.1, -0.05) is 12.1 Å². The lowest BCUT2D eigenvalue weighted by Gasteiger charge is -2.12. The number of para-hydroxylation sites is 1. The maximum atomic E-state index is 11.4. The third kappa shape index (κ3) is 4.77. The van der Waals surface area contributed by atoms with Crippen LogP contribution >= 0.6 is 23.8 Å². The van der Waals surface area contributed by atoms with Crippen molar-refractivity contribution in [3.05, 3.63) is 24.3 Å². The summed E-state index contributed by atoms with van der Waals surface area (Å²) < 4.78 is 22.7. The quantitative estimate of drug-likeness (QED) is 0.433. The number of anilines is 1. The van der Waals surface area contributed by atoms with Crippen molar-refractivity contribution in [3.8, 4) is 0 Å². The maximum Gasteiger partial charge on any atom is 0.240 e. The molecule has 0 aliphatic heterocycles. The summed E-state index contributed by atoms with van der Waals surface area (Å²) in [6, 6.07) is 6.29. The molecule has 0 aromatic heterocycles. The molecule has 0 heterocycles. The van der Waals surface area contributed by atoms with Crippen LogP contribution in [0.3, 0.4) is 0 Å². The van der Waals surface area contributed by atoms with E-state index in [1.807, 2.05) is 0 Å². The fourth-order valence-electron chi connectivity index (χ4n) is 1.25. The van der Waals surface area contributed by atoms with E-state index in [1.54, 1.807) is 18.2 Å². The molecule has 0 fully saturated rings. The van der Waals surface area contributed by atoms with E-state index < -0.39 is 10.0 Å². The van der Waals surface area contributed by atoms with Crippen molar-refractivity contribution in [2.45, 2.75) is 11.3 Å². The van der Waals surface area contributed by atoms with Crippen molar-refractivity contribution in [1.82, 2.24) is 5.32 Å². The minimum absolute atomic E-state index is 0.00601. The average molecular weight is 308 g/mol. The molecule has 0 aliphatic rings. The first-order chi connectivity index (χ1) is 8.45. The highest BCUT2D eigenvalue weighted by atomic mass is 35.5. The van der Waals surface area contributed by atoms with E-state index in [0.717, 1.165) is 6.42 Å². The summed E-state index contributed by atoms with van der Waals surface area (Å²) >= 11 is 10.6. The van der Waals surface area contributed by atoms with E-state index in [4.69, 9.17) is 29.0 Å². The second kappa shape index (κ2) is 6.89. The van der Waals surface area contributed by atoms with Crippen LogP contribution in [0.5, 0.6) is 0 Å². The molecule has 0 unspecified atom stereocenters. The predicted octanol–water partition coefficient (Wildman–Crippen LogP) is 1.25. The van der Waals surface area contributed by atoms with Crippen LogP contribution in [0, 0.1) is 0 Å². The van der Waals surface area contributed by atoms with Gasteiger partial charge < -0.3 is 10.6 Å². The molecule has 0 saturated heterocycles. The highest BCUT2D eigenvalue weighted by molar-refractivity contribution is 7.89. The molecule has 0 aliphatic carbocycles. The van der Waals surface area contributed by atoms with E-state index >= 15 is 0 Å². The maximum absolute atomic E-state index is 11.4. The van der Waals surface area contributed by atoms with Crippen molar-refractivity contribution in [2.24, 2.45) is 5.14 Å². The molecule has 0 radical (unpaired) electrons. The topological polar surface area (TPSA) is 84.2 Å². The van der Waals surface area contributed by atoms with Gasteiger partial charge in [0.2, 0.25) is 10.0 Å². The Labute approximate surface area is 117 Å². The number of halogens is 1. The Balaban J connectivity index is 2.76. The SMILES string of the molecule is NS(=O)(=O)c1ccccc1NC(=S)NCCCCl. The third-order valence-corrected chi connectivity index (χ3v) is 3.52. The molecule has 5 nitrogen and oxygen atoms in total. The first kappa shape index (κ1) is 15.2. The van der Waals surface area contributed by atoms with E-state index in [2.05, 4.69) is 10.6 Å². The van der Waals surface area contributed by atoms with Crippen molar-refractivity contribution >= 4 is 44.6 Å². The number of nitrogens with two attached hydrogens (primary N) is 1. The van der Waals surface area contributed by atoms with Gasteiger partial charge in [0.1, 0.15) is 4.90 Å². The predicted molar refractivity (Wildman–Crippen MR) is 77.4 cm³/mol. The van der Waals surface area contributed by atoms with Gasteiger partial charge >= 0.3 is 0 Å².